The Morgan fingerprint density at radius 2 is 1.70 bits per heavy atom. The van der Waals surface area contributed by atoms with E-state index in [1.165, 1.54) is 16.7 Å². The lowest BCUT2D eigenvalue weighted by atomic mass is 10.1. The van der Waals surface area contributed by atoms with E-state index in [9.17, 15) is 0 Å². The number of rotatable bonds is 5. The van der Waals surface area contributed by atoms with Gasteiger partial charge in [-0.25, -0.2) is 0 Å². The molecule has 20 heavy (non-hydrogen) atoms. The summed E-state index contributed by atoms with van der Waals surface area (Å²) in [5, 5.41) is 0. The molecule has 0 aliphatic carbocycles. The van der Waals surface area contributed by atoms with Crippen LogP contribution in [0.5, 0.6) is 5.75 Å². The fraction of sp³-hybridized carbons (Fsp3) is 0.333. The molecular weight excluding hydrogens is 246 g/mol. The van der Waals surface area contributed by atoms with Crippen molar-refractivity contribution in [2.24, 2.45) is 5.73 Å². The first-order valence-electron chi connectivity index (χ1n) is 7.17. The van der Waals surface area contributed by atoms with Crippen molar-refractivity contribution in [1.82, 2.24) is 0 Å². The van der Waals surface area contributed by atoms with Gasteiger partial charge in [-0.1, -0.05) is 37.3 Å². The number of aryl methyl sites for hydroxylation is 3. The molecule has 2 N–H and O–H groups in total. The molecule has 0 saturated carbocycles. The van der Waals surface area contributed by atoms with E-state index in [0.717, 1.165) is 17.7 Å². The summed E-state index contributed by atoms with van der Waals surface area (Å²) in [6, 6.07) is 14.7. The molecule has 0 aliphatic rings. The first kappa shape index (κ1) is 14.6. The Bertz CT molecular complexity index is 560. The second kappa shape index (κ2) is 6.58. The van der Waals surface area contributed by atoms with Gasteiger partial charge in [0.25, 0.3) is 0 Å². The fourth-order valence-electron chi connectivity index (χ4n) is 2.17. The van der Waals surface area contributed by atoms with Gasteiger partial charge in [0, 0.05) is 6.54 Å². The summed E-state index contributed by atoms with van der Waals surface area (Å²) in [5.74, 6) is 0.878. The quantitative estimate of drug-likeness (QED) is 0.892. The molecule has 0 fully saturated rings. The maximum absolute atomic E-state index is 6.03. The Morgan fingerprint density at radius 3 is 2.25 bits per heavy atom. The van der Waals surface area contributed by atoms with Gasteiger partial charge in [-0.15, -0.1) is 0 Å². The van der Waals surface area contributed by atoms with E-state index in [1.54, 1.807) is 0 Å². The van der Waals surface area contributed by atoms with Gasteiger partial charge in [-0.3, -0.25) is 0 Å². The first-order valence-corrected chi connectivity index (χ1v) is 7.17. The number of nitrogens with two attached hydrogens (primary N) is 1. The Balaban J connectivity index is 2.16. The van der Waals surface area contributed by atoms with Gasteiger partial charge in [0.15, 0.2) is 0 Å². The summed E-state index contributed by atoms with van der Waals surface area (Å²) in [6.07, 6.45) is 0.953. The molecule has 1 unspecified atom stereocenters. The van der Waals surface area contributed by atoms with Crippen LogP contribution in [0.4, 0.5) is 0 Å². The Labute approximate surface area is 121 Å². The van der Waals surface area contributed by atoms with Crippen LogP contribution in [0, 0.1) is 13.8 Å². The largest absolute Gasteiger partial charge is 0.484 e. The van der Waals surface area contributed by atoms with Crippen LogP contribution >= 0.6 is 0 Å². The maximum atomic E-state index is 6.03. The highest BCUT2D eigenvalue weighted by molar-refractivity contribution is 5.34. The zero-order valence-electron chi connectivity index (χ0n) is 12.5. The molecule has 0 heterocycles. The second-order valence-electron chi connectivity index (χ2n) is 5.18. The van der Waals surface area contributed by atoms with Crippen molar-refractivity contribution in [2.75, 3.05) is 6.54 Å². The Hall–Kier alpha value is -1.80. The van der Waals surface area contributed by atoms with E-state index in [4.69, 9.17) is 10.5 Å². The van der Waals surface area contributed by atoms with E-state index < -0.39 is 0 Å². The van der Waals surface area contributed by atoms with Crippen LogP contribution in [0.15, 0.2) is 42.5 Å². The van der Waals surface area contributed by atoms with Gasteiger partial charge in [-0.2, -0.15) is 0 Å². The SMILES string of the molecule is CCc1ccc(C(CN)Oc2ccc(C)c(C)c2)cc1. The normalized spacial score (nSPS) is 12.2. The molecular formula is C18H23NO. The third-order valence-corrected chi connectivity index (χ3v) is 3.73. The van der Waals surface area contributed by atoms with E-state index in [0.29, 0.717) is 6.54 Å². The van der Waals surface area contributed by atoms with E-state index >= 15 is 0 Å². The van der Waals surface area contributed by atoms with Crippen LogP contribution in [0.3, 0.4) is 0 Å². The summed E-state index contributed by atoms with van der Waals surface area (Å²) in [7, 11) is 0. The van der Waals surface area contributed by atoms with E-state index in [1.807, 2.05) is 6.07 Å². The lowest BCUT2D eigenvalue weighted by molar-refractivity contribution is 0.214. The van der Waals surface area contributed by atoms with Gasteiger partial charge >= 0.3 is 0 Å². The topological polar surface area (TPSA) is 35.2 Å². The van der Waals surface area contributed by atoms with Crippen molar-refractivity contribution < 1.29 is 4.74 Å². The molecule has 2 nitrogen and oxygen atoms in total. The van der Waals surface area contributed by atoms with Gasteiger partial charge < -0.3 is 10.5 Å². The molecule has 0 radical (unpaired) electrons. The van der Waals surface area contributed by atoms with Gasteiger partial charge in [0.1, 0.15) is 11.9 Å². The molecule has 0 bridgehead atoms. The molecule has 0 aromatic heterocycles. The first-order chi connectivity index (χ1) is 9.63. The number of ether oxygens (including phenoxy) is 1. The summed E-state index contributed by atoms with van der Waals surface area (Å²) >= 11 is 0. The third-order valence-electron chi connectivity index (χ3n) is 3.73. The molecule has 2 aromatic rings. The van der Waals surface area contributed by atoms with Crippen LogP contribution in [-0.4, -0.2) is 6.54 Å². The Morgan fingerprint density at radius 1 is 1.00 bits per heavy atom. The van der Waals surface area contributed by atoms with Crippen LogP contribution in [-0.2, 0) is 6.42 Å². The van der Waals surface area contributed by atoms with Crippen LogP contribution in [0.1, 0.15) is 35.3 Å². The minimum absolute atomic E-state index is 0.0944. The van der Waals surface area contributed by atoms with Crippen molar-refractivity contribution in [3.63, 3.8) is 0 Å². The summed E-state index contributed by atoms with van der Waals surface area (Å²) < 4.78 is 6.03. The summed E-state index contributed by atoms with van der Waals surface area (Å²) in [6.45, 7) is 6.82. The van der Waals surface area contributed by atoms with Crippen LogP contribution in [0.2, 0.25) is 0 Å². The van der Waals surface area contributed by atoms with Crippen LogP contribution in [0.25, 0.3) is 0 Å². The van der Waals surface area contributed by atoms with Crippen molar-refractivity contribution in [3.05, 3.63) is 64.7 Å². The standard InChI is InChI=1S/C18H23NO/c1-4-15-6-8-16(9-7-15)18(12-19)20-17-10-5-13(2)14(3)11-17/h5-11,18H,4,12,19H2,1-3H3. The van der Waals surface area contributed by atoms with E-state index in [-0.39, 0.29) is 6.10 Å². The average Bonchev–Trinajstić information content (AvgIpc) is 2.48. The van der Waals surface area contributed by atoms with Gasteiger partial charge in [-0.05, 0) is 54.7 Å². The number of hydrogen-bond acceptors (Lipinski definition) is 2. The van der Waals surface area contributed by atoms with Gasteiger partial charge in [0.2, 0.25) is 0 Å². The maximum Gasteiger partial charge on any atom is 0.136 e. The Kier molecular flexibility index (Phi) is 4.80. The average molecular weight is 269 g/mol. The van der Waals surface area contributed by atoms with Crippen LogP contribution < -0.4 is 10.5 Å². The molecule has 0 aliphatic heterocycles. The number of benzene rings is 2. The predicted molar refractivity (Wildman–Crippen MR) is 84.2 cm³/mol. The predicted octanol–water partition coefficient (Wildman–Crippen LogP) is 3.94. The highest BCUT2D eigenvalue weighted by atomic mass is 16.5. The zero-order chi connectivity index (χ0) is 14.5. The molecule has 2 aromatic carbocycles. The zero-order valence-corrected chi connectivity index (χ0v) is 12.5. The summed E-state index contributed by atoms with van der Waals surface area (Å²) in [4.78, 5) is 0. The minimum Gasteiger partial charge on any atom is -0.484 e. The number of hydrogen-bond donors (Lipinski definition) is 1. The molecule has 2 heteroatoms. The molecule has 0 spiro atoms. The molecule has 0 saturated heterocycles. The minimum atomic E-state index is -0.0944. The second-order valence-corrected chi connectivity index (χ2v) is 5.18. The lowest BCUT2D eigenvalue weighted by Crippen LogP contribution is -2.18. The monoisotopic (exact) mass is 269 g/mol. The van der Waals surface area contributed by atoms with Gasteiger partial charge in [0.05, 0.1) is 0 Å². The van der Waals surface area contributed by atoms with Crippen molar-refractivity contribution >= 4 is 0 Å². The third kappa shape index (κ3) is 3.40. The summed E-state index contributed by atoms with van der Waals surface area (Å²) in [5.41, 5.74) is 10.8. The molecule has 106 valence electrons. The molecule has 0 amide bonds. The molecule has 2 rings (SSSR count). The van der Waals surface area contributed by atoms with E-state index in [2.05, 4.69) is 57.2 Å². The highest BCUT2D eigenvalue weighted by Gasteiger charge is 2.11. The molecule has 1 atom stereocenters. The smallest absolute Gasteiger partial charge is 0.136 e. The lowest BCUT2D eigenvalue weighted by Gasteiger charge is -2.19. The van der Waals surface area contributed by atoms with Crippen molar-refractivity contribution in [2.45, 2.75) is 33.3 Å². The fourth-order valence-corrected chi connectivity index (χ4v) is 2.17. The van der Waals surface area contributed by atoms with Crippen molar-refractivity contribution in [1.29, 1.82) is 0 Å². The van der Waals surface area contributed by atoms with Crippen molar-refractivity contribution in [3.8, 4) is 5.75 Å². The highest BCUT2D eigenvalue weighted by Crippen LogP contribution is 2.24.